The second kappa shape index (κ2) is 5.74. The summed E-state index contributed by atoms with van der Waals surface area (Å²) in [6.45, 7) is 2.27. The van der Waals surface area contributed by atoms with Crippen LogP contribution < -0.4 is 0 Å². The number of nitrogens with zero attached hydrogens (tertiary/aromatic N) is 1. The Balaban J connectivity index is 1.92. The highest BCUT2D eigenvalue weighted by Crippen LogP contribution is 2.42. The molecule has 3 rings (SSSR count). The van der Waals surface area contributed by atoms with Crippen molar-refractivity contribution in [2.24, 2.45) is 5.92 Å². The molecule has 1 aromatic carbocycles. The van der Waals surface area contributed by atoms with Gasteiger partial charge >= 0.3 is 0 Å². The van der Waals surface area contributed by atoms with E-state index in [0.29, 0.717) is 0 Å². The maximum absolute atomic E-state index is 10.9. The molecule has 112 valence electrons. The third kappa shape index (κ3) is 2.68. The van der Waals surface area contributed by atoms with Crippen molar-refractivity contribution in [1.29, 1.82) is 0 Å². The van der Waals surface area contributed by atoms with Crippen LogP contribution in [0.1, 0.15) is 44.3 Å². The highest BCUT2D eigenvalue weighted by Gasteiger charge is 2.41. The van der Waals surface area contributed by atoms with E-state index in [0.717, 1.165) is 48.1 Å². The van der Waals surface area contributed by atoms with Gasteiger partial charge in [0.1, 0.15) is 6.10 Å². The zero-order valence-electron chi connectivity index (χ0n) is 12.7. The first kappa shape index (κ1) is 14.5. The molecule has 0 spiro atoms. The third-order valence-corrected chi connectivity index (χ3v) is 4.95. The molecule has 1 aliphatic carbocycles. The lowest BCUT2D eigenvalue weighted by Crippen LogP contribution is -2.42. The van der Waals surface area contributed by atoms with Gasteiger partial charge in [0.2, 0.25) is 0 Å². The minimum atomic E-state index is -0.618. The van der Waals surface area contributed by atoms with Gasteiger partial charge in [-0.3, -0.25) is 4.98 Å². The highest BCUT2D eigenvalue weighted by atomic mass is 16.5. The molecule has 21 heavy (non-hydrogen) atoms. The summed E-state index contributed by atoms with van der Waals surface area (Å²) in [5.74, 6) is 0.718. The van der Waals surface area contributed by atoms with Crippen molar-refractivity contribution in [3.05, 3.63) is 42.1 Å². The van der Waals surface area contributed by atoms with E-state index in [1.165, 1.54) is 0 Å². The van der Waals surface area contributed by atoms with Crippen LogP contribution in [-0.4, -0.2) is 22.8 Å². The lowest BCUT2D eigenvalue weighted by Gasteiger charge is -2.41. The van der Waals surface area contributed by atoms with Crippen LogP contribution >= 0.6 is 0 Å². The molecule has 0 amide bonds. The van der Waals surface area contributed by atoms with Crippen LogP contribution in [0.15, 0.2) is 36.5 Å². The lowest BCUT2D eigenvalue weighted by atomic mass is 9.75. The van der Waals surface area contributed by atoms with Crippen LogP contribution in [0.3, 0.4) is 0 Å². The molecule has 0 saturated heterocycles. The zero-order valence-corrected chi connectivity index (χ0v) is 12.7. The minimum absolute atomic E-state index is 0.462. The van der Waals surface area contributed by atoms with Gasteiger partial charge in [-0.15, -0.1) is 0 Å². The summed E-state index contributed by atoms with van der Waals surface area (Å²) < 4.78 is 5.78. The number of aliphatic hydroxyl groups excluding tert-OH is 1. The first-order chi connectivity index (χ1) is 10.1. The van der Waals surface area contributed by atoms with E-state index in [-0.39, 0.29) is 0 Å². The first-order valence-corrected chi connectivity index (χ1v) is 7.72. The molecule has 2 aromatic rings. The van der Waals surface area contributed by atoms with Gasteiger partial charge in [-0.25, -0.2) is 0 Å². The van der Waals surface area contributed by atoms with Gasteiger partial charge in [0.25, 0.3) is 0 Å². The molecule has 0 bridgehead atoms. The van der Waals surface area contributed by atoms with Crippen molar-refractivity contribution in [2.45, 2.75) is 44.3 Å². The molecule has 1 aliphatic rings. The van der Waals surface area contributed by atoms with Crippen molar-refractivity contribution >= 4 is 10.9 Å². The number of hydrogen-bond donors (Lipinski definition) is 1. The summed E-state index contributed by atoms with van der Waals surface area (Å²) in [6.07, 6.45) is 5.17. The van der Waals surface area contributed by atoms with Gasteiger partial charge in [0.05, 0.1) is 11.1 Å². The zero-order chi connectivity index (χ0) is 14.9. The van der Waals surface area contributed by atoms with E-state index in [4.69, 9.17) is 4.74 Å². The quantitative estimate of drug-likeness (QED) is 0.931. The summed E-state index contributed by atoms with van der Waals surface area (Å²) >= 11 is 0. The van der Waals surface area contributed by atoms with Gasteiger partial charge in [0.15, 0.2) is 0 Å². The Hall–Kier alpha value is -1.45. The van der Waals surface area contributed by atoms with Gasteiger partial charge in [-0.05, 0) is 43.7 Å². The number of rotatable bonds is 3. The Labute approximate surface area is 126 Å². The Morgan fingerprint density at radius 1 is 1.29 bits per heavy atom. The van der Waals surface area contributed by atoms with Crippen molar-refractivity contribution in [3.8, 4) is 0 Å². The van der Waals surface area contributed by atoms with Crippen LogP contribution in [0, 0.1) is 5.92 Å². The SMILES string of the molecule is COC1(C(O)c2cnc3ccccc3c2)CCC(C)CC1. The molecule has 3 nitrogen and oxygen atoms in total. The smallest absolute Gasteiger partial charge is 0.109 e. The number of fused-ring (bicyclic) bond motifs is 1. The van der Waals surface area contributed by atoms with Crippen LogP contribution in [0.25, 0.3) is 10.9 Å². The number of aliphatic hydroxyl groups is 1. The molecule has 1 aromatic heterocycles. The first-order valence-electron chi connectivity index (χ1n) is 7.72. The van der Waals surface area contributed by atoms with E-state index in [1.54, 1.807) is 13.3 Å². The lowest BCUT2D eigenvalue weighted by molar-refractivity contribution is -0.130. The Bertz CT molecular complexity index is 617. The van der Waals surface area contributed by atoms with Crippen LogP contribution in [-0.2, 0) is 4.74 Å². The van der Waals surface area contributed by atoms with E-state index < -0.39 is 11.7 Å². The number of benzene rings is 1. The maximum Gasteiger partial charge on any atom is 0.109 e. The van der Waals surface area contributed by atoms with Crippen LogP contribution in [0.4, 0.5) is 0 Å². The molecule has 1 heterocycles. The summed E-state index contributed by atoms with van der Waals surface area (Å²) in [6, 6.07) is 10.0. The van der Waals surface area contributed by atoms with Crippen molar-refractivity contribution in [3.63, 3.8) is 0 Å². The Kier molecular flexibility index (Phi) is 3.96. The third-order valence-electron chi connectivity index (χ3n) is 4.95. The summed E-state index contributed by atoms with van der Waals surface area (Å²) in [5.41, 5.74) is 1.35. The molecule has 1 saturated carbocycles. The molecule has 0 radical (unpaired) electrons. The molecule has 1 atom stereocenters. The van der Waals surface area contributed by atoms with Gasteiger partial charge < -0.3 is 9.84 Å². The van der Waals surface area contributed by atoms with E-state index in [1.807, 2.05) is 30.3 Å². The number of ether oxygens (including phenoxy) is 1. The molecule has 0 aliphatic heterocycles. The average molecular weight is 285 g/mol. The summed E-state index contributed by atoms with van der Waals surface area (Å²) in [7, 11) is 1.72. The van der Waals surface area contributed by atoms with E-state index in [9.17, 15) is 5.11 Å². The van der Waals surface area contributed by atoms with Gasteiger partial charge in [-0.1, -0.05) is 25.1 Å². The fourth-order valence-electron chi connectivity index (χ4n) is 3.38. The number of methoxy groups -OCH3 is 1. The fraction of sp³-hybridized carbons (Fsp3) is 0.500. The highest BCUT2D eigenvalue weighted by molar-refractivity contribution is 5.78. The number of hydrogen-bond acceptors (Lipinski definition) is 3. The monoisotopic (exact) mass is 285 g/mol. The van der Waals surface area contributed by atoms with Gasteiger partial charge in [-0.2, -0.15) is 0 Å². The van der Waals surface area contributed by atoms with E-state index in [2.05, 4.69) is 11.9 Å². The van der Waals surface area contributed by atoms with Crippen LogP contribution in [0.5, 0.6) is 0 Å². The fourth-order valence-corrected chi connectivity index (χ4v) is 3.38. The predicted molar refractivity (Wildman–Crippen MR) is 84.1 cm³/mol. The number of aromatic nitrogens is 1. The molecule has 1 N–H and O–H groups in total. The Morgan fingerprint density at radius 3 is 2.71 bits per heavy atom. The molecule has 1 fully saturated rings. The van der Waals surface area contributed by atoms with Crippen molar-refractivity contribution < 1.29 is 9.84 Å². The maximum atomic E-state index is 10.9. The number of para-hydroxylation sites is 1. The largest absolute Gasteiger partial charge is 0.385 e. The van der Waals surface area contributed by atoms with Crippen LogP contribution in [0.2, 0.25) is 0 Å². The molecule has 3 heteroatoms. The Morgan fingerprint density at radius 2 is 2.00 bits per heavy atom. The van der Waals surface area contributed by atoms with Crippen molar-refractivity contribution in [2.75, 3.05) is 7.11 Å². The second-order valence-electron chi connectivity index (χ2n) is 6.32. The van der Waals surface area contributed by atoms with Crippen molar-refractivity contribution in [1.82, 2.24) is 4.98 Å². The standard InChI is InChI=1S/C18H23NO2/c1-13-7-9-18(21-2,10-8-13)17(20)15-11-14-5-3-4-6-16(14)19-12-15/h3-6,11-13,17,20H,7-10H2,1-2H3. The second-order valence-corrected chi connectivity index (χ2v) is 6.32. The average Bonchev–Trinajstić information content (AvgIpc) is 2.55. The normalized spacial score (nSPS) is 27.7. The van der Waals surface area contributed by atoms with Gasteiger partial charge in [0, 0.05) is 24.3 Å². The molecular weight excluding hydrogens is 262 g/mol. The predicted octanol–water partition coefficient (Wildman–Crippen LogP) is 3.86. The topological polar surface area (TPSA) is 42.4 Å². The minimum Gasteiger partial charge on any atom is -0.385 e. The number of pyridine rings is 1. The summed E-state index contributed by atoms with van der Waals surface area (Å²) in [5, 5.41) is 11.9. The van der Waals surface area contributed by atoms with E-state index >= 15 is 0 Å². The molecular formula is C18H23NO2. The molecule has 1 unspecified atom stereocenters. The summed E-state index contributed by atoms with van der Waals surface area (Å²) in [4.78, 5) is 4.46.